The number of amides is 1. The summed E-state index contributed by atoms with van der Waals surface area (Å²) >= 11 is 0. The van der Waals surface area contributed by atoms with Crippen molar-refractivity contribution >= 4 is 11.9 Å². The van der Waals surface area contributed by atoms with Crippen molar-refractivity contribution in [2.75, 3.05) is 0 Å². The van der Waals surface area contributed by atoms with Crippen molar-refractivity contribution in [1.82, 2.24) is 5.32 Å². The monoisotopic (exact) mass is 357 g/mol. The Hall–Kier alpha value is -2.05. The summed E-state index contributed by atoms with van der Waals surface area (Å²) in [5, 5.41) is 2.62. The number of hydrogen-bond acceptors (Lipinski definition) is 3. The van der Waals surface area contributed by atoms with Crippen molar-refractivity contribution in [3.05, 3.63) is 35.4 Å². The van der Waals surface area contributed by atoms with Crippen molar-refractivity contribution < 1.29 is 27.5 Å². The maximum absolute atomic E-state index is 12.8. The van der Waals surface area contributed by atoms with Crippen molar-refractivity contribution in [2.24, 2.45) is 0 Å². The van der Waals surface area contributed by atoms with Crippen molar-refractivity contribution in [3.8, 4) is 0 Å². The largest absolute Gasteiger partial charge is 0.430 e. The van der Waals surface area contributed by atoms with Crippen LogP contribution in [0.1, 0.15) is 57.6 Å². The van der Waals surface area contributed by atoms with E-state index in [1.54, 1.807) is 20.8 Å². The van der Waals surface area contributed by atoms with E-state index in [-0.39, 0.29) is 24.2 Å². The molecule has 0 spiro atoms. The van der Waals surface area contributed by atoms with Crippen molar-refractivity contribution in [3.63, 3.8) is 0 Å². The minimum absolute atomic E-state index is 0.226. The van der Waals surface area contributed by atoms with Crippen LogP contribution in [-0.4, -0.2) is 17.4 Å². The fraction of sp³-hybridized carbons (Fsp3) is 0.556. The lowest BCUT2D eigenvalue weighted by molar-refractivity contribution is -0.142. The molecule has 1 atom stereocenters. The van der Waals surface area contributed by atoms with Crippen LogP contribution < -0.4 is 5.32 Å². The molecule has 1 N–H and O–H groups in total. The Morgan fingerprint density at radius 1 is 1.12 bits per heavy atom. The third-order valence-electron chi connectivity index (χ3n) is 4.06. The van der Waals surface area contributed by atoms with Crippen LogP contribution >= 0.6 is 0 Å². The highest BCUT2D eigenvalue weighted by molar-refractivity contribution is 5.91. The molecule has 0 aromatic heterocycles. The second kappa shape index (κ2) is 6.69. The zero-order valence-electron chi connectivity index (χ0n) is 14.5. The van der Waals surface area contributed by atoms with Crippen molar-refractivity contribution in [1.29, 1.82) is 0 Å². The van der Waals surface area contributed by atoms with Gasteiger partial charge in [-0.15, -0.1) is 0 Å². The molecule has 1 fully saturated rings. The molecule has 2 rings (SSSR count). The number of carbonyl (C=O) groups is 2. The van der Waals surface area contributed by atoms with Gasteiger partial charge in [0, 0.05) is 17.5 Å². The van der Waals surface area contributed by atoms with Crippen LogP contribution in [0.2, 0.25) is 0 Å². The summed E-state index contributed by atoms with van der Waals surface area (Å²) < 4.78 is 43.8. The molecule has 0 bridgehead atoms. The summed E-state index contributed by atoms with van der Waals surface area (Å²) in [6.45, 7) is 5.30. The van der Waals surface area contributed by atoms with Crippen LogP contribution in [0.5, 0.6) is 0 Å². The van der Waals surface area contributed by atoms with Gasteiger partial charge in [-0.05, 0) is 52.2 Å². The Labute approximate surface area is 144 Å². The summed E-state index contributed by atoms with van der Waals surface area (Å²) in [6.07, 6.45) is -3.42. The van der Waals surface area contributed by atoms with E-state index >= 15 is 0 Å². The van der Waals surface area contributed by atoms with Gasteiger partial charge in [-0.25, -0.2) is 4.79 Å². The lowest BCUT2D eigenvalue weighted by Crippen LogP contribution is -2.49. The number of alkyl halides is 3. The number of carbonyl (C=O) groups excluding carboxylic acids is 2. The van der Waals surface area contributed by atoms with Gasteiger partial charge >= 0.3 is 12.3 Å². The van der Waals surface area contributed by atoms with E-state index in [1.807, 2.05) is 0 Å². The van der Waals surface area contributed by atoms with Crippen molar-refractivity contribution in [2.45, 2.75) is 63.8 Å². The second-order valence-electron chi connectivity index (χ2n) is 7.30. The Morgan fingerprint density at radius 2 is 1.72 bits per heavy atom. The van der Waals surface area contributed by atoms with Gasteiger partial charge in [-0.1, -0.05) is 12.1 Å². The fourth-order valence-electron chi connectivity index (χ4n) is 2.89. The molecular formula is C18H22F3NO3. The van der Waals surface area contributed by atoms with E-state index < -0.39 is 29.0 Å². The molecule has 0 radical (unpaired) electrons. The Morgan fingerprint density at radius 3 is 2.20 bits per heavy atom. The number of ketones is 1. The molecule has 0 aliphatic heterocycles. The zero-order chi connectivity index (χ0) is 18.9. The van der Waals surface area contributed by atoms with Gasteiger partial charge in [0.2, 0.25) is 0 Å². The van der Waals surface area contributed by atoms with Crippen LogP contribution in [0, 0.1) is 0 Å². The van der Waals surface area contributed by atoms with Gasteiger partial charge in [0.1, 0.15) is 0 Å². The molecular weight excluding hydrogens is 335 g/mol. The summed E-state index contributed by atoms with van der Waals surface area (Å²) in [7, 11) is 0. The lowest BCUT2D eigenvalue weighted by atomic mass is 9.78. The molecule has 4 nitrogen and oxygen atoms in total. The highest BCUT2D eigenvalue weighted by Crippen LogP contribution is 2.39. The van der Waals surface area contributed by atoms with Crippen LogP contribution in [0.25, 0.3) is 0 Å². The van der Waals surface area contributed by atoms with Gasteiger partial charge in [0.15, 0.2) is 11.4 Å². The summed E-state index contributed by atoms with van der Waals surface area (Å²) in [5.41, 5.74) is -2.63. The number of Topliss-reactive ketones (excluding diaryl/α,β-unsaturated/α-hetero) is 1. The molecule has 1 saturated carbocycles. The van der Waals surface area contributed by atoms with Crippen LogP contribution in [0.4, 0.5) is 18.0 Å². The summed E-state index contributed by atoms with van der Waals surface area (Å²) in [6, 6.07) is 4.25. The predicted octanol–water partition coefficient (Wildman–Crippen LogP) is 4.57. The predicted molar refractivity (Wildman–Crippen MR) is 86.0 cm³/mol. The van der Waals surface area contributed by atoms with E-state index in [2.05, 4.69) is 5.32 Å². The van der Waals surface area contributed by atoms with Crippen LogP contribution in [0.3, 0.4) is 0 Å². The molecule has 25 heavy (non-hydrogen) atoms. The average Bonchev–Trinajstić information content (AvgIpc) is 2.47. The molecule has 1 aromatic rings. The van der Waals surface area contributed by atoms with Gasteiger partial charge in [0.25, 0.3) is 0 Å². The van der Waals surface area contributed by atoms with E-state index in [4.69, 9.17) is 4.74 Å². The van der Waals surface area contributed by atoms with Gasteiger partial charge < -0.3 is 10.1 Å². The zero-order valence-corrected chi connectivity index (χ0v) is 14.5. The Kier molecular flexibility index (Phi) is 5.16. The number of benzene rings is 1. The molecule has 1 aliphatic rings. The topological polar surface area (TPSA) is 55.4 Å². The minimum atomic E-state index is -4.47. The maximum Gasteiger partial charge on any atom is 0.416 e. The molecule has 1 unspecified atom stereocenters. The third kappa shape index (κ3) is 4.52. The van der Waals surface area contributed by atoms with Crippen LogP contribution in [-0.2, 0) is 21.3 Å². The highest BCUT2D eigenvalue weighted by atomic mass is 19.4. The highest BCUT2D eigenvalue weighted by Gasteiger charge is 2.46. The van der Waals surface area contributed by atoms with E-state index in [0.29, 0.717) is 12.8 Å². The number of rotatable bonds is 2. The Bertz CT molecular complexity index is 647. The van der Waals surface area contributed by atoms with E-state index in [1.165, 1.54) is 12.1 Å². The molecule has 7 heteroatoms. The molecule has 0 saturated heterocycles. The SMILES string of the molecule is CC(C)(C)NC(=O)OC1(c2ccc(C(F)(F)F)cc2)CCCCC1=O. The Balaban J connectivity index is 2.36. The van der Waals surface area contributed by atoms with Gasteiger partial charge in [-0.2, -0.15) is 13.2 Å². The first-order chi connectivity index (χ1) is 11.4. The summed E-state index contributed by atoms with van der Waals surface area (Å²) in [4.78, 5) is 24.8. The number of alkyl carbamates (subject to hydrolysis) is 1. The van der Waals surface area contributed by atoms with Gasteiger partial charge in [0.05, 0.1) is 5.56 Å². The van der Waals surface area contributed by atoms with Gasteiger partial charge in [-0.3, -0.25) is 4.79 Å². The fourth-order valence-corrected chi connectivity index (χ4v) is 2.89. The quantitative estimate of drug-likeness (QED) is 0.844. The van der Waals surface area contributed by atoms with Crippen LogP contribution in [0.15, 0.2) is 24.3 Å². The maximum atomic E-state index is 12.8. The average molecular weight is 357 g/mol. The molecule has 0 heterocycles. The molecule has 1 aliphatic carbocycles. The number of nitrogens with one attached hydrogen (secondary N) is 1. The summed E-state index contributed by atoms with van der Waals surface area (Å²) in [5.74, 6) is -0.289. The lowest BCUT2D eigenvalue weighted by Gasteiger charge is -2.36. The van der Waals surface area contributed by atoms with E-state index in [0.717, 1.165) is 12.1 Å². The molecule has 138 valence electrons. The third-order valence-corrected chi connectivity index (χ3v) is 4.06. The number of halogens is 3. The molecule has 1 amide bonds. The second-order valence-corrected chi connectivity index (χ2v) is 7.30. The minimum Gasteiger partial charge on any atom is -0.430 e. The van der Waals surface area contributed by atoms with E-state index in [9.17, 15) is 22.8 Å². The number of ether oxygens (including phenoxy) is 1. The number of hydrogen-bond donors (Lipinski definition) is 1. The first kappa shape index (κ1) is 19.3. The molecule has 1 aromatic carbocycles. The first-order valence-corrected chi connectivity index (χ1v) is 8.16. The first-order valence-electron chi connectivity index (χ1n) is 8.16. The standard InChI is InChI=1S/C18H22F3NO3/c1-16(2,3)22-15(24)25-17(11-5-4-6-14(17)23)12-7-9-13(10-8-12)18(19,20)21/h7-10H,4-6,11H2,1-3H3,(H,22,24). The normalized spacial score (nSPS) is 21.8. The smallest absolute Gasteiger partial charge is 0.416 e.